The normalized spacial score (nSPS) is 10.7. The van der Waals surface area contributed by atoms with E-state index in [1.165, 1.54) is 21.5 Å². The predicted octanol–water partition coefficient (Wildman–Crippen LogP) is 2.13. The number of carboxylic acids is 1. The largest absolute Gasteiger partial charge is 0.481 e. The molecule has 7 heteroatoms. The number of thiophene rings is 1. The first-order valence-electron chi connectivity index (χ1n) is 5.49. The van der Waals surface area contributed by atoms with Gasteiger partial charge in [0.2, 0.25) is 0 Å². The van der Waals surface area contributed by atoms with Crippen molar-refractivity contribution in [1.82, 2.24) is 14.8 Å². The molecule has 1 N–H and O–H groups in total. The molecule has 2 heterocycles. The molecule has 0 fully saturated rings. The van der Waals surface area contributed by atoms with Crippen LogP contribution in [0.5, 0.6) is 0 Å². The second-order valence-electron chi connectivity index (χ2n) is 3.65. The maximum absolute atomic E-state index is 10.5. The van der Waals surface area contributed by atoms with Crippen LogP contribution >= 0.6 is 23.1 Å². The average molecular weight is 283 g/mol. The summed E-state index contributed by atoms with van der Waals surface area (Å²) in [6.45, 7) is 2.82. The molecule has 0 amide bonds. The summed E-state index contributed by atoms with van der Waals surface area (Å²) in [6, 6.07) is 4.21. The zero-order valence-corrected chi connectivity index (χ0v) is 11.5. The maximum atomic E-state index is 10.5. The Labute approximate surface area is 113 Å². The molecule has 5 nitrogen and oxygen atoms in total. The number of aliphatic carboxylic acids is 1. The number of hydrogen-bond acceptors (Lipinski definition) is 5. The molecule has 0 bridgehead atoms. The van der Waals surface area contributed by atoms with E-state index >= 15 is 0 Å². The molecule has 96 valence electrons. The number of nitrogens with zero attached hydrogens (tertiary/aromatic N) is 3. The van der Waals surface area contributed by atoms with Gasteiger partial charge in [0.25, 0.3) is 0 Å². The smallest absolute Gasteiger partial charge is 0.313 e. The summed E-state index contributed by atoms with van der Waals surface area (Å²) in [7, 11) is 0. The Hall–Kier alpha value is -1.34. The van der Waals surface area contributed by atoms with Gasteiger partial charge < -0.3 is 9.67 Å². The lowest BCUT2D eigenvalue weighted by molar-refractivity contribution is -0.133. The maximum Gasteiger partial charge on any atom is 0.313 e. The number of carboxylic acid groups (broad SMARTS) is 1. The number of hydrogen-bond donors (Lipinski definition) is 1. The molecule has 0 atom stereocenters. The Morgan fingerprint density at radius 2 is 2.28 bits per heavy atom. The van der Waals surface area contributed by atoms with Crippen LogP contribution in [0, 0.1) is 0 Å². The molecule has 18 heavy (non-hydrogen) atoms. The summed E-state index contributed by atoms with van der Waals surface area (Å²) in [5, 5.41) is 17.0. The summed E-state index contributed by atoms with van der Waals surface area (Å²) in [6.07, 6.45) is 2.67. The Morgan fingerprint density at radius 3 is 2.94 bits per heavy atom. The second kappa shape index (κ2) is 6.01. The summed E-state index contributed by atoms with van der Waals surface area (Å²) < 4.78 is 1.87. The fourth-order valence-corrected chi connectivity index (χ4v) is 3.05. The topological polar surface area (TPSA) is 68.0 Å². The van der Waals surface area contributed by atoms with Crippen LogP contribution in [-0.4, -0.2) is 31.6 Å². The van der Waals surface area contributed by atoms with Gasteiger partial charge in [-0.1, -0.05) is 18.7 Å². The molecule has 2 rings (SSSR count). The second-order valence-corrected chi connectivity index (χ2v) is 5.84. The van der Waals surface area contributed by atoms with Crippen LogP contribution in [0.4, 0.5) is 0 Å². The summed E-state index contributed by atoms with van der Waals surface area (Å²) >= 11 is 2.95. The molecule has 2 aromatic heterocycles. The fourth-order valence-electron chi connectivity index (χ4n) is 1.46. The van der Waals surface area contributed by atoms with E-state index in [9.17, 15) is 4.79 Å². The highest BCUT2D eigenvalue weighted by atomic mass is 32.2. The molecule has 0 radical (unpaired) electrons. The highest BCUT2D eigenvalue weighted by Crippen LogP contribution is 2.21. The molecule has 0 aromatic carbocycles. The van der Waals surface area contributed by atoms with Crippen LogP contribution in [0.25, 0.3) is 0 Å². The van der Waals surface area contributed by atoms with Gasteiger partial charge in [-0.05, 0) is 18.6 Å². The number of carbonyl (C=O) groups is 1. The highest BCUT2D eigenvalue weighted by Gasteiger charge is 2.09. The van der Waals surface area contributed by atoms with Gasteiger partial charge in [-0.2, -0.15) is 0 Å². The number of rotatable bonds is 6. The van der Waals surface area contributed by atoms with Crippen LogP contribution in [0.1, 0.15) is 16.7 Å². The lowest BCUT2D eigenvalue weighted by atomic mass is 10.4. The van der Waals surface area contributed by atoms with Crippen LogP contribution < -0.4 is 0 Å². The Morgan fingerprint density at radius 1 is 1.50 bits per heavy atom. The first-order chi connectivity index (χ1) is 8.69. The molecule has 0 aliphatic carbocycles. The minimum atomic E-state index is -0.848. The van der Waals surface area contributed by atoms with Gasteiger partial charge in [-0.25, -0.2) is 0 Å². The van der Waals surface area contributed by atoms with Crippen LogP contribution in [0.15, 0.2) is 23.6 Å². The van der Waals surface area contributed by atoms with Gasteiger partial charge in [-0.15, -0.1) is 21.5 Å². The lowest BCUT2D eigenvalue weighted by Gasteiger charge is -2.02. The Kier molecular flexibility index (Phi) is 4.38. The SMILES string of the molecule is CCc1ccc(Cn2cnnc2SCC(=O)O)s1. The third kappa shape index (κ3) is 3.33. The van der Waals surface area contributed by atoms with Gasteiger partial charge in [0.1, 0.15) is 6.33 Å². The predicted molar refractivity (Wildman–Crippen MR) is 71.2 cm³/mol. The average Bonchev–Trinajstić information content (AvgIpc) is 2.96. The van der Waals surface area contributed by atoms with Crippen LogP contribution in [0.2, 0.25) is 0 Å². The zero-order valence-electron chi connectivity index (χ0n) is 9.87. The third-order valence-corrected chi connectivity index (χ3v) is 4.48. The highest BCUT2D eigenvalue weighted by molar-refractivity contribution is 7.99. The molecule has 0 aliphatic rings. The Balaban J connectivity index is 2.04. The molecule has 0 aliphatic heterocycles. The third-order valence-electron chi connectivity index (χ3n) is 2.30. The summed E-state index contributed by atoms with van der Waals surface area (Å²) in [5.41, 5.74) is 0. The van der Waals surface area contributed by atoms with Crippen molar-refractivity contribution < 1.29 is 9.90 Å². The number of aryl methyl sites for hydroxylation is 1. The van der Waals surface area contributed by atoms with E-state index in [1.54, 1.807) is 17.7 Å². The quantitative estimate of drug-likeness (QED) is 0.823. The molecule has 0 unspecified atom stereocenters. The van der Waals surface area contributed by atoms with Gasteiger partial charge >= 0.3 is 5.97 Å². The monoisotopic (exact) mass is 283 g/mol. The standard InChI is InChI=1S/C11H13N3O2S2/c1-2-8-3-4-9(18-8)5-14-7-12-13-11(14)17-6-10(15)16/h3-4,7H,2,5-6H2,1H3,(H,15,16). The van der Waals surface area contributed by atoms with Crippen molar-refractivity contribution in [3.8, 4) is 0 Å². The number of aromatic nitrogens is 3. The van der Waals surface area contributed by atoms with E-state index in [4.69, 9.17) is 5.11 Å². The lowest BCUT2D eigenvalue weighted by Crippen LogP contribution is -2.02. The van der Waals surface area contributed by atoms with E-state index in [1.807, 2.05) is 4.57 Å². The van der Waals surface area contributed by atoms with Gasteiger partial charge in [0.15, 0.2) is 5.16 Å². The van der Waals surface area contributed by atoms with Gasteiger partial charge in [0.05, 0.1) is 12.3 Å². The molecule has 0 saturated carbocycles. The van der Waals surface area contributed by atoms with E-state index in [-0.39, 0.29) is 5.75 Å². The van der Waals surface area contributed by atoms with Gasteiger partial charge in [0, 0.05) is 9.75 Å². The van der Waals surface area contributed by atoms with Crippen molar-refractivity contribution in [2.75, 3.05) is 5.75 Å². The van der Waals surface area contributed by atoms with Crippen molar-refractivity contribution in [3.63, 3.8) is 0 Å². The zero-order chi connectivity index (χ0) is 13.0. The van der Waals surface area contributed by atoms with Crippen molar-refractivity contribution in [2.45, 2.75) is 25.0 Å². The molecule has 0 spiro atoms. The molecular weight excluding hydrogens is 270 g/mol. The molecular formula is C11H13N3O2S2. The van der Waals surface area contributed by atoms with E-state index in [0.717, 1.165) is 6.42 Å². The minimum absolute atomic E-state index is 0.00332. The first kappa shape index (κ1) is 13.1. The van der Waals surface area contributed by atoms with Crippen molar-refractivity contribution in [2.24, 2.45) is 0 Å². The van der Waals surface area contributed by atoms with Crippen molar-refractivity contribution in [1.29, 1.82) is 0 Å². The van der Waals surface area contributed by atoms with E-state index < -0.39 is 5.97 Å². The minimum Gasteiger partial charge on any atom is -0.481 e. The summed E-state index contributed by atoms with van der Waals surface area (Å²) in [5.74, 6) is -0.845. The summed E-state index contributed by atoms with van der Waals surface area (Å²) in [4.78, 5) is 13.1. The van der Waals surface area contributed by atoms with E-state index in [0.29, 0.717) is 11.7 Å². The molecule has 0 saturated heterocycles. The van der Waals surface area contributed by atoms with E-state index in [2.05, 4.69) is 29.3 Å². The van der Waals surface area contributed by atoms with Crippen molar-refractivity contribution in [3.05, 3.63) is 28.2 Å². The Bertz CT molecular complexity index is 536. The van der Waals surface area contributed by atoms with Crippen molar-refractivity contribution >= 4 is 29.1 Å². The van der Waals surface area contributed by atoms with Gasteiger partial charge in [-0.3, -0.25) is 4.79 Å². The molecule has 2 aromatic rings. The first-order valence-corrected chi connectivity index (χ1v) is 7.29. The van der Waals surface area contributed by atoms with Crippen LogP contribution in [-0.2, 0) is 17.8 Å². The number of thioether (sulfide) groups is 1. The fraction of sp³-hybridized carbons (Fsp3) is 0.364. The van der Waals surface area contributed by atoms with Crippen LogP contribution in [0.3, 0.4) is 0 Å².